The van der Waals surface area contributed by atoms with Gasteiger partial charge in [0, 0.05) is 11.9 Å². The number of carbonyl (C=O) groups is 2. The molecule has 0 aliphatic carbocycles. The largest absolute Gasteiger partial charge is 0.444 e. The molecule has 0 unspecified atom stereocenters. The fraction of sp³-hybridized carbons (Fsp3) is 0.522. The zero-order valence-electron chi connectivity index (χ0n) is 18.9. The molecule has 32 heavy (non-hydrogen) atoms. The van der Waals surface area contributed by atoms with Gasteiger partial charge in [-0.15, -0.1) is 11.3 Å². The highest BCUT2D eigenvalue weighted by Crippen LogP contribution is 2.13. The predicted molar refractivity (Wildman–Crippen MR) is 122 cm³/mol. The van der Waals surface area contributed by atoms with Gasteiger partial charge in [-0.3, -0.25) is 4.79 Å². The van der Waals surface area contributed by atoms with Gasteiger partial charge in [-0.05, 0) is 57.7 Å². The molecule has 7 nitrogen and oxygen atoms in total. The van der Waals surface area contributed by atoms with Crippen LogP contribution in [0.1, 0.15) is 56.3 Å². The predicted octanol–water partition coefficient (Wildman–Crippen LogP) is 4.35. The molecule has 0 saturated carbocycles. The van der Waals surface area contributed by atoms with Crippen molar-refractivity contribution >= 4 is 23.3 Å². The average Bonchev–Trinajstić information content (AvgIpc) is 3.17. The maximum Gasteiger partial charge on any atom is 0.408 e. The van der Waals surface area contributed by atoms with E-state index in [1.54, 1.807) is 12.1 Å². The summed E-state index contributed by atoms with van der Waals surface area (Å²) in [6, 6.07) is 6.00. The van der Waals surface area contributed by atoms with Crippen LogP contribution in [-0.2, 0) is 33.8 Å². The van der Waals surface area contributed by atoms with Crippen molar-refractivity contribution in [3.63, 3.8) is 0 Å². The molecule has 1 heterocycles. The van der Waals surface area contributed by atoms with E-state index in [4.69, 9.17) is 9.47 Å². The van der Waals surface area contributed by atoms with Gasteiger partial charge in [0.25, 0.3) is 0 Å². The molecule has 1 aromatic heterocycles. The minimum atomic E-state index is -0.519. The third-order valence-electron chi connectivity index (χ3n) is 4.23. The normalized spacial score (nSPS) is 11.2. The van der Waals surface area contributed by atoms with Crippen LogP contribution in [0.25, 0.3) is 0 Å². The van der Waals surface area contributed by atoms with E-state index in [1.165, 1.54) is 23.5 Å². The molecular formula is C23H32FN3O4S. The lowest BCUT2D eigenvalue weighted by molar-refractivity contribution is -0.126. The highest BCUT2D eigenvalue weighted by atomic mass is 32.1. The summed E-state index contributed by atoms with van der Waals surface area (Å²) in [4.78, 5) is 28.0. The van der Waals surface area contributed by atoms with E-state index in [-0.39, 0.29) is 24.9 Å². The summed E-state index contributed by atoms with van der Waals surface area (Å²) in [6.45, 7) is 6.68. The highest BCUT2D eigenvalue weighted by molar-refractivity contribution is 7.09. The van der Waals surface area contributed by atoms with E-state index in [0.29, 0.717) is 13.1 Å². The summed E-state index contributed by atoms with van der Waals surface area (Å²) in [5.74, 6) is -0.453. The number of nitrogens with zero attached hydrogens (tertiary/aromatic N) is 1. The molecule has 176 valence electrons. The molecule has 9 heteroatoms. The first-order chi connectivity index (χ1) is 15.2. The molecule has 0 spiro atoms. The number of alkyl carbamates (subject to hydrolysis) is 1. The van der Waals surface area contributed by atoms with Crippen molar-refractivity contribution in [2.24, 2.45) is 0 Å². The van der Waals surface area contributed by atoms with Crippen LogP contribution < -0.4 is 10.6 Å². The zero-order chi connectivity index (χ0) is 23.4. The number of amides is 2. The molecule has 0 saturated heterocycles. The van der Waals surface area contributed by atoms with Crippen molar-refractivity contribution in [1.82, 2.24) is 15.6 Å². The summed E-state index contributed by atoms with van der Waals surface area (Å²) < 4.78 is 23.4. The Balaban J connectivity index is 1.49. The monoisotopic (exact) mass is 465 g/mol. The molecule has 2 amide bonds. The molecule has 2 aromatic rings. The quantitative estimate of drug-likeness (QED) is 0.455. The van der Waals surface area contributed by atoms with Crippen LogP contribution in [0.3, 0.4) is 0 Å². The van der Waals surface area contributed by atoms with E-state index in [9.17, 15) is 14.0 Å². The summed E-state index contributed by atoms with van der Waals surface area (Å²) in [6.07, 6.45) is 3.23. The summed E-state index contributed by atoms with van der Waals surface area (Å²) in [7, 11) is 0. The van der Waals surface area contributed by atoms with Crippen LogP contribution in [-0.4, -0.2) is 35.7 Å². The first-order valence-corrected chi connectivity index (χ1v) is 11.6. The smallest absolute Gasteiger partial charge is 0.408 e. The Hall–Kier alpha value is -2.52. The Morgan fingerprint density at radius 1 is 1.09 bits per heavy atom. The number of nitrogens with one attached hydrogen (secondary N) is 2. The number of aryl methyl sites for hydroxylation is 1. The lowest BCUT2D eigenvalue weighted by Gasteiger charge is -2.19. The summed E-state index contributed by atoms with van der Waals surface area (Å²) in [5.41, 5.74) is 1.31. The lowest BCUT2D eigenvalue weighted by Crippen LogP contribution is -2.32. The van der Waals surface area contributed by atoms with Gasteiger partial charge in [-0.2, -0.15) is 0 Å². The second-order valence-electron chi connectivity index (χ2n) is 8.37. The van der Waals surface area contributed by atoms with Gasteiger partial charge in [-0.1, -0.05) is 18.6 Å². The van der Waals surface area contributed by atoms with Crippen LogP contribution in [0.5, 0.6) is 0 Å². The van der Waals surface area contributed by atoms with Crippen LogP contribution in [0.4, 0.5) is 9.18 Å². The highest BCUT2D eigenvalue weighted by Gasteiger charge is 2.16. The lowest BCUT2D eigenvalue weighted by atomic mass is 10.1. The number of carbonyl (C=O) groups excluding carboxylic acids is 2. The third-order valence-corrected chi connectivity index (χ3v) is 5.13. The van der Waals surface area contributed by atoms with Crippen LogP contribution in [0.15, 0.2) is 29.6 Å². The maximum absolute atomic E-state index is 12.8. The van der Waals surface area contributed by atoms with Crippen molar-refractivity contribution < 1.29 is 23.5 Å². The molecule has 1 aromatic carbocycles. The Bertz CT molecular complexity index is 850. The molecule has 0 atom stereocenters. The standard InChI is InChI=1S/C23H32FN3O4S/c1-23(2,3)31-22(29)26-13-21-27-19(16-32-21)7-5-4-6-12-25-20(28)15-30-14-17-8-10-18(24)11-9-17/h8-11,16H,4-7,12-15H2,1-3H3,(H,25,28)(H,26,29). The summed E-state index contributed by atoms with van der Waals surface area (Å²) in [5, 5.41) is 8.40. The number of aromatic nitrogens is 1. The fourth-order valence-corrected chi connectivity index (χ4v) is 3.50. The van der Waals surface area contributed by atoms with Gasteiger partial charge in [0.1, 0.15) is 23.0 Å². The van der Waals surface area contributed by atoms with E-state index in [2.05, 4.69) is 15.6 Å². The van der Waals surface area contributed by atoms with E-state index in [1.807, 2.05) is 26.2 Å². The van der Waals surface area contributed by atoms with Crippen molar-refractivity contribution in [3.05, 3.63) is 51.7 Å². The van der Waals surface area contributed by atoms with Crippen molar-refractivity contribution in [3.8, 4) is 0 Å². The molecular weight excluding hydrogens is 433 g/mol. The number of thiazole rings is 1. The van der Waals surface area contributed by atoms with Crippen molar-refractivity contribution in [2.45, 2.75) is 65.2 Å². The van der Waals surface area contributed by atoms with E-state index < -0.39 is 11.7 Å². The Kier molecular flexibility index (Phi) is 10.6. The van der Waals surface area contributed by atoms with Gasteiger partial charge >= 0.3 is 6.09 Å². The van der Waals surface area contributed by atoms with Gasteiger partial charge in [0.05, 0.1) is 18.8 Å². The van der Waals surface area contributed by atoms with Crippen LogP contribution in [0.2, 0.25) is 0 Å². The molecule has 0 aliphatic rings. The molecule has 0 fully saturated rings. The van der Waals surface area contributed by atoms with Gasteiger partial charge in [0.15, 0.2) is 0 Å². The number of ether oxygens (including phenoxy) is 2. The van der Waals surface area contributed by atoms with E-state index in [0.717, 1.165) is 41.9 Å². The minimum Gasteiger partial charge on any atom is -0.444 e. The maximum atomic E-state index is 12.8. The van der Waals surface area contributed by atoms with Gasteiger partial charge in [0.2, 0.25) is 5.91 Å². The topological polar surface area (TPSA) is 89.5 Å². The number of rotatable bonds is 12. The number of hydrogen-bond donors (Lipinski definition) is 2. The first kappa shape index (κ1) is 25.7. The zero-order valence-corrected chi connectivity index (χ0v) is 19.7. The number of unbranched alkanes of at least 4 members (excludes halogenated alkanes) is 2. The second-order valence-corrected chi connectivity index (χ2v) is 9.31. The molecule has 2 N–H and O–H groups in total. The Morgan fingerprint density at radius 2 is 1.84 bits per heavy atom. The molecule has 0 bridgehead atoms. The van der Waals surface area contributed by atoms with Crippen LogP contribution in [0, 0.1) is 5.82 Å². The molecule has 0 aliphatic heterocycles. The van der Waals surface area contributed by atoms with Gasteiger partial charge in [-0.25, -0.2) is 14.2 Å². The number of benzene rings is 1. The minimum absolute atomic E-state index is 0.0176. The number of halogens is 1. The fourth-order valence-electron chi connectivity index (χ4n) is 2.74. The second kappa shape index (κ2) is 13.1. The third kappa shape index (κ3) is 11.2. The Labute approximate surface area is 192 Å². The van der Waals surface area contributed by atoms with Crippen molar-refractivity contribution in [1.29, 1.82) is 0 Å². The number of hydrogen-bond acceptors (Lipinski definition) is 6. The first-order valence-electron chi connectivity index (χ1n) is 10.7. The summed E-state index contributed by atoms with van der Waals surface area (Å²) >= 11 is 1.52. The Morgan fingerprint density at radius 3 is 2.56 bits per heavy atom. The average molecular weight is 466 g/mol. The SMILES string of the molecule is CC(C)(C)OC(=O)NCc1nc(CCCCCNC(=O)COCc2ccc(F)cc2)cs1. The van der Waals surface area contributed by atoms with E-state index >= 15 is 0 Å². The molecule has 2 rings (SSSR count). The molecule has 0 radical (unpaired) electrons. The van der Waals surface area contributed by atoms with Gasteiger partial charge < -0.3 is 20.1 Å². The van der Waals surface area contributed by atoms with Crippen molar-refractivity contribution in [2.75, 3.05) is 13.2 Å². The van der Waals surface area contributed by atoms with Crippen LogP contribution >= 0.6 is 11.3 Å².